The molecule has 8 heteroatoms. The van der Waals surface area contributed by atoms with Crippen molar-refractivity contribution >= 4 is 27.6 Å². The number of methoxy groups -OCH3 is 1. The maximum Gasteiger partial charge on any atom is 0.337 e. The van der Waals surface area contributed by atoms with Crippen LogP contribution in [0.4, 0.5) is 5.69 Å². The molecule has 1 aliphatic carbocycles. The topological polar surface area (TPSA) is 102 Å². The summed E-state index contributed by atoms with van der Waals surface area (Å²) >= 11 is 0. The number of benzene rings is 2. The Morgan fingerprint density at radius 2 is 1.73 bits per heavy atom. The van der Waals surface area contributed by atoms with Crippen LogP contribution >= 0.6 is 0 Å². The number of carbonyl (C=O) groups excluding carboxylic acids is 2. The van der Waals surface area contributed by atoms with Gasteiger partial charge in [0.25, 0.3) is 15.9 Å². The van der Waals surface area contributed by atoms with Crippen molar-refractivity contribution in [2.24, 2.45) is 0 Å². The molecule has 26 heavy (non-hydrogen) atoms. The summed E-state index contributed by atoms with van der Waals surface area (Å²) in [6, 6.07) is 12.0. The Bertz CT molecular complexity index is 952. The second kappa shape index (κ2) is 7.17. The Labute approximate surface area is 151 Å². The van der Waals surface area contributed by atoms with E-state index in [0.29, 0.717) is 5.56 Å². The van der Waals surface area contributed by atoms with E-state index in [0.717, 1.165) is 12.8 Å². The molecule has 1 saturated carbocycles. The highest BCUT2D eigenvalue weighted by molar-refractivity contribution is 7.92. The average molecular weight is 374 g/mol. The Kier molecular flexibility index (Phi) is 4.94. The second-order valence-corrected chi connectivity index (χ2v) is 7.64. The minimum absolute atomic E-state index is 0.0757. The molecule has 0 aliphatic heterocycles. The molecule has 0 heterocycles. The van der Waals surface area contributed by atoms with Crippen LogP contribution in [0, 0.1) is 0 Å². The minimum Gasteiger partial charge on any atom is -0.465 e. The highest BCUT2D eigenvalue weighted by Gasteiger charge is 2.24. The first-order valence-electron chi connectivity index (χ1n) is 8.01. The Hall–Kier alpha value is -2.87. The number of hydrogen-bond acceptors (Lipinski definition) is 5. The number of amides is 1. The van der Waals surface area contributed by atoms with Crippen LogP contribution in [0.5, 0.6) is 0 Å². The van der Waals surface area contributed by atoms with Crippen LogP contribution in [0.25, 0.3) is 0 Å². The molecular weight excluding hydrogens is 356 g/mol. The third kappa shape index (κ3) is 4.20. The predicted octanol–water partition coefficient (Wildman–Crippen LogP) is 2.17. The Morgan fingerprint density at radius 1 is 1.04 bits per heavy atom. The van der Waals surface area contributed by atoms with Gasteiger partial charge >= 0.3 is 5.97 Å². The van der Waals surface area contributed by atoms with Crippen LogP contribution < -0.4 is 10.0 Å². The monoisotopic (exact) mass is 374 g/mol. The van der Waals surface area contributed by atoms with Crippen LogP contribution in [0.15, 0.2) is 53.4 Å². The zero-order valence-corrected chi connectivity index (χ0v) is 14.9. The second-order valence-electron chi connectivity index (χ2n) is 5.95. The maximum atomic E-state index is 12.6. The fourth-order valence-corrected chi connectivity index (χ4v) is 3.44. The van der Waals surface area contributed by atoms with E-state index in [4.69, 9.17) is 0 Å². The number of anilines is 1. The fourth-order valence-electron chi connectivity index (χ4n) is 2.34. The van der Waals surface area contributed by atoms with E-state index in [-0.39, 0.29) is 28.1 Å². The van der Waals surface area contributed by atoms with Crippen molar-refractivity contribution in [3.63, 3.8) is 0 Å². The minimum atomic E-state index is -3.92. The molecule has 1 amide bonds. The molecule has 1 fully saturated rings. The number of nitrogens with one attached hydrogen (secondary N) is 2. The first kappa shape index (κ1) is 17.9. The van der Waals surface area contributed by atoms with Gasteiger partial charge in [-0.15, -0.1) is 0 Å². The maximum absolute atomic E-state index is 12.6. The first-order valence-corrected chi connectivity index (χ1v) is 9.49. The van der Waals surface area contributed by atoms with Gasteiger partial charge < -0.3 is 10.1 Å². The summed E-state index contributed by atoms with van der Waals surface area (Å²) in [5, 5.41) is 2.85. The van der Waals surface area contributed by atoms with Gasteiger partial charge in [-0.3, -0.25) is 9.52 Å². The lowest BCUT2D eigenvalue weighted by Gasteiger charge is -2.10. The lowest BCUT2D eigenvalue weighted by molar-refractivity contribution is 0.0600. The lowest BCUT2D eigenvalue weighted by Crippen LogP contribution is -2.25. The highest BCUT2D eigenvalue weighted by Crippen LogP contribution is 2.21. The summed E-state index contributed by atoms with van der Waals surface area (Å²) < 4.78 is 32.2. The van der Waals surface area contributed by atoms with E-state index in [1.807, 2.05) is 0 Å². The SMILES string of the molecule is COC(=O)c1cccc(S(=O)(=O)Nc2cccc(C(=O)NC3CC3)c2)c1. The molecule has 2 N–H and O–H groups in total. The van der Waals surface area contributed by atoms with Gasteiger partial charge in [0.1, 0.15) is 0 Å². The van der Waals surface area contributed by atoms with Gasteiger partial charge in [0.2, 0.25) is 0 Å². The lowest BCUT2D eigenvalue weighted by atomic mass is 10.2. The van der Waals surface area contributed by atoms with E-state index < -0.39 is 16.0 Å². The molecule has 0 bridgehead atoms. The average Bonchev–Trinajstić information content (AvgIpc) is 3.45. The van der Waals surface area contributed by atoms with Crippen molar-refractivity contribution in [3.05, 3.63) is 59.7 Å². The van der Waals surface area contributed by atoms with Crippen molar-refractivity contribution in [2.75, 3.05) is 11.8 Å². The number of ether oxygens (including phenoxy) is 1. The van der Waals surface area contributed by atoms with Crippen LogP contribution in [-0.2, 0) is 14.8 Å². The molecule has 0 radical (unpaired) electrons. The molecule has 7 nitrogen and oxygen atoms in total. The largest absolute Gasteiger partial charge is 0.465 e. The van der Waals surface area contributed by atoms with Crippen molar-refractivity contribution < 1.29 is 22.7 Å². The van der Waals surface area contributed by atoms with Gasteiger partial charge in [-0.25, -0.2) is 13.2 Å². The third-order valence-electron chi connectivity index (χ3n) is 3.85. The molecule has 0 aromatic heterocycles. The van der Waals surface area contributed by atoms with Crippen molar-refractivity contribution in [1.29, 1.82) is 0 Å². The molecule has 136 valence electrons. The number of esters is 1. The van der Waals surface area contributed by atoms with Crippen LogP contribution in [0.1, 0.15) is 33.6 Å². The molecule has 0 unspecified atom stereocenters. The van der Waals surface area contributed by atoms with E-state index in [9.17, 15) is 18.0 Å². The molecule has 2 aromatic carbocycles. The van der Waals surface area contributed by atoms with Gasteiger partial charge in [-0.05, 0) is 49.2 Å². The number of rotatable bonds is 6. The van der Waals surface area contributed by atoms with E-state index in [1.165, 1.54) is 37.4 Å². The first-order chi connectivity index (χ1) is 12.4. The molecule has 2 aromatic rings. The van der Waals surface area contributed by atoms with Gasteiger partial charge in [0.05, 0.1) is 17.6 Å². The van der Waals surface area contributed by atoms with Gasteiger partial charge in [-0.2, -0.15) is 0 Å². The number of carbonyl (C=O) groups is 2. The number of sulfonamides is 1. The molecule has 1 aliphatic rings. The quantitative estimate of drug-likeness (QED) is 0.755. The van der Waals surface area contributed by atoms with Crippen LogP contribution in [0.3, 0.4) is 0 Å². The number of hydrogen-bond donors (Lipinski definition) is 2. The summed E-state index contributed by atoms with van der Waals surface area (Å²) in [4.78, 5) is 23.6. The Balaban J connectivity index is 1.81. The van der Waals surface area contributed by atoms with Crippen LogP contribution in [0.2, 0.25) is 0 Å². The van der Waals surface area contributed by atoms with Crippen molar-refractivity contribution in [3.8, 4) is 0 Å². The summed E-state index contributed by atoms with van der Waals surface area (Å²) in [5.41, 5.74) is 0.769. The van der Waals surface area contributed by atoms with Crippen LogP contribution in [-0.4, -0.2) is 33.4 Å². The van der Waals surface area contributed by atoms with E-state index >= 15 is 0 Å². The summed E-state index contributed by atoms with van der Waals surface area (Å²) in [5.74, 6) is -0.859. The summed E-state index contributed by atoms with van der Waals surface area (Å²) in [7, 11) is -2.70. The normalized spacial score (nSPS) is 13.7. The third-order valence-corrected chi connectivity index (χ3v) is 5.23. The molecule has 0 atom stereocenters. The Morgan fingerprint density at radius 3 is 2.42 bits per heavy atom. The molecule has 0 saturated heterocycles. The summed E-state index contributed by atoms with van der Waals surface area (Å²) in [6.07, 6.45) is 1.93. The van der Waals surface area contributed by atoms with Gasteiger partial charge in [0.15, 0.2) is 0 Å². The van der Waals surface area contributed by atoms with E-state index in [2.05, 4.69) is 14.8 Å². The molecular formula is C18H18N2O5S. The highest BCUT2D eigenvalue weighted by atomic mass is 32.2. The van der Waals surface area contributed by atoms with Gasteiger partial charge in [0, 0.05) is 17.3 Å². The molecule has 0 spiro atoms. The standard InChI is InChI=1S/C18H18N2O5S/c1-25-18(22)13-5-3-7-16(11-13)26(23,24)20-15-6-2-4-12(10-15)17(21)19-14-8-9-14/h2-7,10-11,14,20H,8-9H2,1H3,(H,19,21). The van der Waals surface area contributed by atoms with E-state index in [1.54, 1.807) is 18.2 Å². The summed E-state index contributed by atoms with van der Waals surface area (Å²) in [6.45, 7) is 0. The zero-order valence-electron chi connectivity index (χ0n) is 14.1. The van der Waals surface area contributed by atoms with Crippen molar-refractivity contribution in [2.45, 2.75) is 23.8 Å². The van der Waals surface area contributed by atoms with Crippen molar-refractivity contribution in [1.82, 2.24) is 5.32 Å². The predicted molar refractivity (Wildman–Crippen MR) is 95.5 cm³/mol. The smallest absolute Gasteiger partial charge is 0.337 e. The zero-order chi connectivity index (χ0) is 18.7. The molecule has 3 rings (SSSR count). The fraction of sp³-hybridized carbons (Fsp3) is 0.222. The van der Waals surface area contributed by atoms with Gasteiger partial charge in [-0.1, -0.05) is 12.1 Å².